The first-order valence-corrected chi connectivity index (χ1v) is 7.05. The Morgan fingerprint density at radius 1 is 1.18 bits per heavy atom. The zero-order valence-corrected chi connectivity index (χ0v) is 10.5. The summed E-state index contributed by atoms with van der Waals surface area (Å²) >= 11 is 0. The van der Waals surface area contributed by atoms with Crippen molar-refractivity contribution in [2.75, 3.05) is 6.54 Å². The molecule has 3 nitrogen and oxygen atoms in total. The van der Waals surface area contributed by atoms with Crippen molar-refractivity contribution in [3.8, 4) is 0 Å². The fraction of sp³-hybridized carbons (Fsp3) is 0.786. The molecule has 3 rings (SSSR count). The van der Waals surface area contributed by atoms with Crippen LogP contribution in [0.4, 0.5) is 0 Å². The van der Waals surface area contributed by atoms with Crippen molar-refractivity contribution in [2.45, 2.75) is 57.3 Å². The van der Waals surface area contributed by atoms with Crippen LogP contribution in [0.2, 0.25) is 0 Å². The van der Waals surface area contributed by atoms with E-state index in [1.54, 1.807) is 0 Å². The minimum atomic E-state index is 0.589. The van der Waals surface area contributed by atoms with Crippen molar-refractivity contribution < 1.29 is 4.42 Å². The highest BCUT2D eigenvalue weighted by atomic mass is 16.4. The highest BCUT2D eigenvalue weighted by molar-refractivity contribution is 5.16. The van der Waals surface area contributed by atoms with Crippen molar-refractivity contribution in [1.29, 1.82) is 0 Å². The van der Waals surface area contributed by atoms with E-state index in [0.29, 0.717) is 11.8 Å². The maximum absolute atomic E-state index is 6.01. The average Bonchev–Trinajstić information content (AvgIpc) is 2.82. The third-order valence-electron chi connectivity index (χ3n) is 4.35. The number of nitrogens with zero attached hydrogens (tertiary/aromatic N) is 1. The summed E-state index contributed by atoms with van der Waals surface area (Å²) in [4.78, 5) is 4.74. The molecule has 1 unspecified atom stereocenters. The van der Waals surface area contributed by atoms with Crippen LogP contribution < -0.4 is 5.73 Å². The zero-order valence-electron chi connectivity index (χ0n) is 10.5. The summed E-state index contributed by atoms with van der Waals surface area (Å²) in [5.74, 6) is 3.35. The molecule has 0 saturated heterocycles. The molecule has 1 atom stereocenters. The highest BCUT2D eigenvalue weighted by Crippen LogP contribution is 2.35. The summed E-state index contributed by atoms with van der Waals surface area (Å²) < 4.78 is 6.01. The van der Waals surface area contributed by atoms with E-state index in [2.05, 4.69) is 0 Å². The molecule has 2 aliphatic carbocycles. The minimum absolute atomic E-state index is 0.589. The molecule has 0 aliphatic heterocycles. The Kier molecular flexibility index (Phi) is 3.19. The number of hydrogen-bond donors (Lipinski definition) is 1. The second-order valence-corrected chi connectivity index (χ2v) is 5.60. The normalized spacial score (nSPS) is 25.8. The lowest BCUT2D eigenvalue weighted by atomic mass is 9.89. The first kappa shape index (κ1) is 11.3. The molecule has 1 heterocycles. The summed E-state index contributed by atoms with van der Waals surface area (Å²) in [6.45, 7) is 0.777. The number of aryl methyl sites for hydroxylation is 1. The van der Waals surface area contributed by atoms with Gasteiger partial charge in [0.15, 0.2) is 5.89 Å². The van der Waals surface area contributed by atoms with E-state index in [0.717, 1.165) is 31.0 Å². The first-order valence-electron chi connectivity index (χ1n) is 7.05. The van der Waals surface area contributed by atoms with E-state index < -0.39 is 0 Å². The van der Waals surface area contributed by atoms with E-state index in [1.165, 1.54) is 44.2 Å². The second-order valence-electron chi connectivity index (χ2n) is 5.60. The minimum Gasteiger partial charge on any atom is -0.445 e. The molecule has 0 amide bonds. The molecule has 1 fully saturated rings. The standard InChI is InChI=1S/C14H22N2O/c15-9-10-6-7-12-13(8-10)17-14(16-12)11-4-2-1-3-5-11/h10-11H,1-9,15H2. The number of nitrogens with two attached hydrogens (primary N) is 1. The van der Waals surface area contributed by atoms with Crippen molar-refractivity contribution in [1.82, 2.24) is 4.98 Å². The van der Waals surface area contributed by atoms with Crippen LogP contribution in [-0.2, 0) is 12.8 Å². The van der Waals surface area contributed by atoms with Crippen LogP contribution in [0.15, 0.2) is 4.42 Å². The molecule has 0 aromatic carbocycles. The lowest BCUT2D eigenvalue weighted by Gasteiger charge is -2.18. The van der Waals surface area contributed by atoms with Crippen molar-refractivity contribution in [2.24, 2.45) is 11.7 Å². The molecular weight excluding hydrogens is 212 g/mol. The van der Waals surface area contributed by atoms with Gasteiger partial charge in [-0.3, -0.25) is 0 Å². The van der Waals surface area contributed by atoms with Crippen molar-refractivity contribution >= 4 is 0 Å². The largest absolute Gasteiger partial charge is 0.445 e. The highest BCUT2D eigenvalue weighted by Gasteiger charge is 2.26. The number of hydrogen-bond acceptors (Lipinski definition) is 3. The van der Waals surface area contributed by atoms with E-state index >= 15 is 0 Å². The van der Waals surface area contributed by atoms with Gasteiger partial charge in [0.2, 0.25) is 0 Å². The third kappa shape index (κ3) is 2.25. The zero-order chi connectivity index (χ0) is 11.7. The predicted octanol–water partition coefficient (Wildman–Crippen LogP) is 2.79. The summed E-state index contributed by atoms with van der Waals surface area (Å²) in [5.41, 5.74) is 6.97. The molecule has 3 heteroatoms. The Labute approximate surface area is 103 Å². The third-order valence-corrected chi connectivity index (χ3v) is 4.35. The maximum atomic E-state index is 6.01. The Morgan fingerprint density at radius 3 is 2.76 bits per heavy atom. The van der Waals surface area contributed by atoms with Gasteiger partial charge in [-0.25, -0.2) is 4.98 Å². The lowest BCUT2D eigenvalue weighted by Crippen LogP contribution is -2.21. The number of aromatic nitrogens is 1. The predicted molar refractivity (Wildman–Crippen MR) is 66.9 cm³/mol. The van der Waals surface area contributed by atoms with Crippen LogP contribution in [-0.4, -0.2) is 11.5 Å². The quantitative estimate of drug-likeness (QED) is 0.856. The molecule has 17 heavy (non-hydrogen) atoms. The molecule has 1 aromatic rings. The van der Waals surface area contributed by atoms with Crippen LogP contribution in [0.25, 0.3) is 0 Å². The van der Waals surface area contributed by atoms with Crippen LogP contribution in [0.1, 0.15) is 61.8 Å². The average molecular weight is 234 g/mol. The summed E-state index contributed by atoms with van der Waals surface area (Å²) in [6, 6.07) is 0. The van der Waals surface area contributed by atoms with E-state index in [4.69, 9.17) is 15.1 Å². The van der Waals surface area contributed by atoms with Gasteiger partial charge in [-0.1, -0.05) is 19.3 Å². The maximum Gasteiger partial charge on any atom is 0.197 e. The van der Waals surface area contributed by atoms with E-state index in [1.807, 2.05) is 0 Å². The Hall–Kier alpha value is -0.830. The topological polar surface area (TPSA) is 52.0 Å². The van der Waals surface area contributed by atoms with Gasteiger partial charge in [0.25, 0.3) is 0 Å². The molecule has 2 aliphatic rings. The van der Waals surface area contributed by atoms with Gasteiger partial charge in [0.05, 0.1) is 5.69 Å². The fourth-order valence-electron chi connectivity index (χ4n) is 3.19. The lowest BCUT2D eigenvalue weighted by molar-refractivity contribution is 0.335. The monoisotopic (exact) mass is 234 g/mol. The number of rotatable bonds is 2. The Balaban J connectivity index is 1.77. The van der Waals surface area contributed by atoms with Gasteiger partial charge in [0.1, 0.15) is 5.76 Å². The van der Waals surface area contributed by atoms with Gasteiger partial charge < -0.3 is 10.2 Å². The van der Waals surface area contributed by atoms with Gasteiger partial charge in [-0.2, -0.15) is 0 Å². The molecule has 0 radical (unpaired) electrons. The van der Waals surface area contributed by atoms with Crippen molar-refractivity contribution in [3.63, 3.8) is 0 Å². The number of oxazole rings is 1. The van der Waals surface area contributed by atoms with Gasteiger partial charge in [-0.15, -0.1) is 0 Å². The molecule has 1 saturated carbocycles. The van der Waals surface area contributed by atoms with Crippen molar-refractivity contribution in [3.05, 3.63) is 17.3 Å². The molecule has 2 N–H and O–H groups in total. The van der Waals surface area contributed by atoms with Gasteiger partial charge in [-0.05, 0) is 38.1 Å². The fourth-order valence-corrected chi connectivity index (χ4v) is 3.19. The van der Waals surface area contributed by atoms with Crippen LogP contribution in [0.5, 0.6) is 0 Å². The van der Waals surface area contributed by atoms with Gasteiger partial charge >= 0.3 is 0 Å². The molecule has 0 spiro atoms. The molecular formula is C14H22N2O. The molecule has 94 valence electrons. The second kappa shape index (κ2) is 4.81. The Morgan fingerprint density at radius 2 is 2.00 bits per heavy atom. The van der Waals surface area contributed by atoms with Gasteiger partial charge in [0, 0.05) is 12.3 Å². The van der Waals surface area contributed by atoms with E-state index in [9.17, 15) is 0 Å². The molecule has 0 bridgehead atoms. The summed E-state index contributed by atoms with van der Waals surface area (Å²) in [7, 11) is 0. The smallest absolute Gasteiger partial charge is 0.197 e. The van der Waals surface area contributed by atoms with Crippen LogP contribution in [0.3, 0.4) is 0 Å². The first-order chi connectivity index (χ1) is 8.36. The number of fused-ring (bicyclic) bond motifs is 1. The summed E-state index contributed by atoms with van der Waals surface area (Å²) in [6.07, 6.45) is 9.83. The Bertz CT molecular complexity index is 380. The SMILES string of the molecule is NCC1CCc2nc(C3CCCCC3)oc2C1. The van der Waals surface area contributed by atoms with Crippen LogP contribution in [0, 0.1) is 5.92 Å². The summed E-state index contributed by atoms with van der Waals surface area (Å²) in [5, 5.41) is 0. The van der Waals surface area contributed by atoms with E-state index in [-0.39, 0.29) is 0 Å². The van der Waals surface area contributed by atoms with Crippen LogP contribution >= 0.6 is 0 Å². The molecule has 1 aromatic heterocycles.